The number of anilines is 1. The maximum Gasteiger partial charge on any atom is 0.237 e. The number of nitrogens with zero attached hydrogens (tertiary/aromatic N) is 2. The Bertz CT molecular complexity index is 627. The Balaban J connectivity index is 2.46. The molecular weight excluding hydrogens is 246 g/mol. The average molecular weight is 263 g/mol. The van der Waals surface area contributed by atoms with Gasteiger partial charge in [-0.2, -0.15) is 0 Å². The summed E-state index contributed by atoms with van der Waals surface area (Å²) < 4.78 is 0.845. The number of benzene rings is 1. The zero-order chi connectivity index (χ0) is 14.2. The van der Waals surface area contributed by atoms with Crippen LogP contribution in [0.4, 0.5) is 5.95 Å². The number of hydrogen-bond donors (Lipinski definition) is 5. The topological polar surface area (TPSA) is 120 Å². The molecule has 102 valence electrons. The van der Waals surface area contributed by atoms with Crippen LogP contribution in [0, 0.1) is 5.41 Å². The van der Waals surface area contributed by atoms with E-state index in [0.717, 1.165) is 4.73 Å². The number of aromatic nitrogens is 2. The minimum Gasteiger partial charge on any atom is -0.425 e. The summed E-state index contributed by atoms with van der Waals surface area (Å²) >= 11 is 0. The van der Waals surface area contributed by atoms with E-state index in [9.17, 15) is 10.3 Å². The summed E-state index contributed by atoms with van der Waals surface area (Å²) in [6.07, 6.45) is 0. The van der Waals surface area contributed by atoms with Crippen molar-refractivity contribution in [2.24, 2.45) is 5.73 Å². The molecule has 19 heavy (non-hydrogen) atoms. The summed E-state index contributed by atoms with van der Waals surface area (Å²) in [5, 5.41) is 30.1. The van der Waals surface area contributed by atoms with Crippen LogP contribution in [-0.4, -0.2) is 38.0 Å². The molecule has 6 N–H and O–H groups in total. The van der Waals surface area contributed by atoms with Gasteiger partial charge in [-0.1, -0.05) is 6.07 Å². The van der Waals surface area contributed by atoms with Crippen LogP contribution >= 0.6 is 0 Å². The molecule has 7 heteroatoms. The molecule has 1 aromatic carbocycles. The van der Waals surface area contributed by atoms with E-state index in [1.54, 1.807) is 32.0 Å². The predicted octanol–water partition coefficient (Wildman–Crippen LogP) is 0.740. The standard InChI is InChI=1S/C12H17N5O2/c1-12(2,18)6-15-11-16-8-5-3-4-7(10(13)14)9(8)17(11)19/h3-5,18-19H,6H2,1-2H3,(H3,13,14)(H,15,16). The second-order valence-electron chi connectivity index (χ2n) is 5.00. The molecule has 1 heterocycles. The molecular formula is C12H17N5O2. The van der Waals surface area contributed by atoms with Gasteiger partial charge in [0.25, 0.3) is 0 Å². The summed E-state index contributed by atoms with van der Waals surface area (Å²) in [4.78, 5) is 4.20. The third kappa shape index (κ3) is 2.60. The van der Waals surface area contributed by atoms with E-state index in [-0.39, 0.29) is 18.3 Å². The number of nitrogens with two attached hydrogens (primary N) is 1. The van der Waals surface area contributed by atoms with Crippen molar-refractivity contribution in [2.45, 2.75) is 19.4 Å². The molecule has 0 spiro atoms. The molecule has 0 amide bonds. The number of rotatable bonds is 4. The normalized spacial score (nSPS) is 11.7. The summed E-state index contributed by atoms with van der Waals surface area (Å²) in [7, 11) is 0. The van der Waals surface area contributed by atoms with E-state index in [1.807, 2.05) is 0 Å². The quantitative estimate of drug-likeness (QED) is 0.316. The van der Waals surface area contributed by atoms with E-state index < -0.39 is 5.60 Å². The van der Waals surface area contributed by atoms with Gasteiger partial charge in [0.1, 0.15) is 11.4 Å². The minimum atomic E-state index is -0.929. The number of nitrogens with one attached hydrogen (secondary N) is 2. The van der Waals surface area contributed by atoms with Crippen LogP contribution in [0.3, 0.4) is 0 Å². The number of nitrogen functional groups attached to an aromatic ring is 1. The second kappa shape index (κ2) is 4.43. The van der Waals surface area contributed by atoms with Crippen molar-refractivity contribution in [1.29, 1.82) is 5.41 Å². The van der Waals surface area contributed by atoms with Crippen LogP contribution in [0.25, 0.3) is 11.0 Å². The molecule has 1 aromatic heterocycles. The van der Waals surface area contributed by atoms with Crippen LogP contribution < -0.4 is 11.1 Å². The average Bonchev–Trinajstić information content (AvgIpc) is 2.63. The Hall–Kier alpha value is -2.28. The molecule has 2 rings (SSSR count). The van der Waals surface area contributed by atoms with Crippen molar-refractivity contribution in [3.63, 3.8) is 0 Å². The van der Waals surface area contributed by atoms with Gasteiger partial charge in [-0.3, -0.25) is 5.41 Å². The molecule has 0 atom stereocenters. The monoisotopic (exact) mass is 263 g/mol. The Morgan fingerprint density at radius 3 is 2.79 bits per heavy atom. The molecule has 0 saturated carbocycles. The van der Waals surface area contributed by atoms with E-state index >= 15 is 0 Å². The van der Waals surface area contributed by atoms with Crippen LogP contribution in [-0.2, 0) is 0 Å². The Morgan fingerprint density at radius 2 is 2.21 bits per heavy atom. The summed E-state index contributed by atoms with van der Waals surface area (Å²) in [5.41, 5.74) is 5.84. The van der Waals surface area contributed by atoms with Gasteiger partial charge >= 0.3 is 0 Å². The third-order valence-corrected chi connectivity index (χ3v) is 2.62. The highest BCUT2D eigenvalue weighted by Crippen LogP contribution is 2.21. The Kier molecular flexibility index (Phi) is 3.07. The van der Waals surface area contributed by atoms with Crippen molar-refractivity contribution in [3.8, 4) is 0 Å². The first-order valence-electron chi connectivity index (χ1n) is 5.81. The summed E-state index contributed by atoms with van der Waals surface area (Å²) in [6.45, 7) is 3.52. The fraction of sp³-hybridized carbons (Fsp3) is 0.333. The van der Waals surface area contributed by atoms with Gasteiger partial charge in [-0.05, 0) is 26.0 Å². The zero-order valence-electron chi connectivity index (χ0n) is 10.8. The van der Waals surface area contributed by atoms with E-state index in [2.05, 4.69) is 10.3 Å². The van der Waals surface area contributed by atoms with Gasteiger partial charge < -0.3 is 21.4 Å². The van der Waals surface area contributed by atoms with Crippen LogP contribution in [0.1, 0.15) is 19.4 Å². The van der Waals surface area contributed by atoms with Crippen molar-refractivity contribution in [1.82, 2.24) is 9.71 Å². The summed E-state index contributed by atoms with van der Waals surface area (Å²) in [5.74, 6) is 0.0562. The van der Waals surface area contributed by atoms with E-state index in [1.165, 1.54) is 0 Å². The van der Waals surface area contributed by atoms with Gasteiger partial charge in [0.15, 0.2) is 0 Å². The van der Waals surface area contributed by atoms with E-state index in [0.29, 0.717) is 16.6 Å². The van der Waals surface area contributed by atoms with Gasteiger partial charge in [-0.15, -0.1) is 4.73 Å². The lowest BCUT2D eigenvalue weighted by Crippen LogP contribution is -2.30. The highest BCUT2D eigenvalue weighted by atomic mass is 16.5. The lowest BCUT2D eigenvalue weighted by Gasteiger charge is -2.17. The van der Waals surface area contributed by atoms with Gasteiger partial charge in [0.05, 0.1) is 11.1 Å². The lowest BCUT2D eigenvalue weighted by molar-refractivity contribution is 0.0936. The number of hydrogen-bond acceptors (Lipinski definition) is 5. The third-order valence-electron chi connectivity index (χ3n) is 2.62. The van der Waals surface area contributed by atoms with Gasteiger partial charge in [0, 0.05) is 12.1 Å². The maximum absolute atomic E-state index is 10.1. The van der Waals surface area contributed by atoms with E-state index in [4.69, 9.17) is 11.1 Å². The fourth-order valence-corrected chi connectivity index (χ4v) is 1.74. The molecule has 0 aliphatic carbocycles. The zero-order valence-corrected chi connectivity index (χ0v) is 10.8. The molecule has 0 fully saturated rings. The van der Waals surface area contributed by atoms with Gasteiger partial charge in [0.2, 0.25) is 5.95 Å². The first kappa shape index (κ1) is 13.2. The van der Waals surface area contributed by atoms with Crippen molar-refractivity contribution >= 4 is 22.8 Å². The summed E-state index contributed by atoms with van der Waals surface area (Å²) in [6, 6.07) is 5.06. The van der Waals surface area contributed by atoms with Crippen LogP contribution in [0.15, 0.2) is 18.2 Å². The molecule has 0 unspecified atom stereocenters. The number of imidazole rings is 1. The Morgan fingerprint density at radius 1 is 1.53 bits per heavy atom. The number of para-hydroxylation sites is 1. The fourth-order valence-electron chi connectivity index (χ4n) is 1.74. The number of aliphatic hydroxyl groups is 1. The first-order chi connectivity index (χ1) is 8.79. The van der Waals surface area contributed by atoms with Crippen LogP contribution in [0.5, 0.6) is 0 Å². The smallest absolute Gasteiger partial charge is 0.237 e. The second-order valence-corrected chi connectivity index (χ2v) is 5.00. The van der Waals surface area contributed by atoms with Crippen molar-refractivity contribution in [2.75, 3.05) is 11.9 Å². The maximum atomic E-state index is 10.1. The molecule has 7 nitrogen and oxygen atoms in total. The number of fused-ring (bicyclic) bond motifs is 1. The molecule has 0 aliphatic heterocycles. The molecule has 0 radical (unpaired) electrons. The predicted molar refractivity (Wildman–Crippen MR) is 72.7 cm³/mol. The minimum absolute atomic E-state index is 0.144. The van der Waals surface area contributed by atoms with Crippen molar-refractivity contribution < 1.29 is 10.3 Å². The first-order valence-corrected chi connectivity index (χ1v) is 5.81. The lowest BCUT2D eigenvalue weighted by atomic mass is 10.1. The largest absolute Gasteiger partial charge is 0.425 e. The van der Waals surface area contributed by atoms with Crippen LogP contribution in [0.2, 0.25) is 0 Å². The Labute approximate surface area is 110 Å². The molecule has 0 bridgehead atoms. The highest BCUT2D eigenvalue weighted by molar-refractivity contribution is 6.06. The number of amidine groups is 1. The molecule has 2 aromatic rings. The highest BCUT2D eigenvalue weighted by Gasteiger charge is 2.17. The van der Waals surface area contributed by atoms with Gasteiger partial charge in [-0.25, -0.2) is 4.98 Å². The molecule has 0 saturated heterocycles. The SMILES string of the molecule is CC(C)(O)CNc1nc2cccc(C(=N)N)c2n1O. The van der Waals surface area contributed by atoms with Crippen molar-refractivity contribution in [3.05, 3.63) is 23.8 Å². The molecule has 0 aliphatic rings.